The fraction of sp³-hybridized carbons (Fsp3) is 0.731. The van der Waals surface area contributed by atoms with E-state index in [0.717, 1.165) is 56.8 Å². The van der Waals surface area contributed by atoms with E-state index in [1.807, 2.05) is 39.8 Å². The molecule has 0 aromatic heterocycles. The lowest BCUT2D eigenvalue weighted by atomic mass is 9.54. The van der Waals surface area contributed by atoms with Crippen LogP contribution in [0.1, 0.15) is 85.5 Å². The summed E-state index contributed by atoms with van der Waals surface area (Å²) in [7, 11) is -3.93. The second kappa shape index (κ2) is 8.07. The molecule has 8 heteroatoms. The molecule has 34 heavy (non-hydrogen) atoms. The molecule has 5 aliphatic rings. The zero-order chi connectivity index (χ0) is 24.4. The Bertz CT molecular complexity index is 1020. The summed E-state index contributed by atoms with van der Waals surface area (Å²) in [6, 6.07) is 7.35. The van der Waals surface area contributed by atoms with Gasteiger partial charge in [-0.2, -0.15) is 0 Å². The normalized spacial score (nSPS) is 32.4. The predicted molar refractivity (Wildman–Crippen MR) is 133 cm³/mol. The van der Waals surface area contributed by atoms with Gasteiger partial charge in [0, 0.05) is 11.5 Å². The van der Waals surface area contributed by atoms with E-state index in [1.165, 1.54) is 6.42 Å². The maximum atomic E-state index is 13.4. The monoisotopic (exact) mass is 487 g/mol. The van der Waals surface area contributed by atoms with Gasteiger partial charge in [-0.1, -0.05) is 12.1 Å². The van der Waals surface area contributed by atoms with Crippen molar-refractivity contribution in [2.24, 2.45) is 10.8 Å². The Morgan fingerprint density at radius 2 is 1.47 bits per heavy atom. The second-order valence-corrected chi connectivity index (χ2v) is 14.3. The van der Waals surface area contributed by atoms with Crippen LogP contribution in [0.3, 0.4) is 0 Å². The number of carbonyl (C=O) groups is 1. The number of nitrogens with one attached hydrogen (secondary N) is 1. The van der Waals surface area contributed by atoms with Crippen molar-refractivity contribution in [2.75, 3.05) is 5.75 Å². The Morgan fingerprint density at radius 3 is 1.94 bits per heavy atom. The van der Waals surface area contributed by atoms with Crippen LogP contribution in [0, 0.1) is 10.8 Å². The molecule has 1 saturated heterocycles. The number of benzene rings is 1. The van der Waals surface area contributed by atoms with E-state index >= 15 is 0 Å². The molecule has 1 heterocycles. The van der Waals surface area contributed by atoms with Crippen LogP contribution in [-0.2, 0) is 23.9 Å². The molecular formula is C26H38BNO5S. The summed E-state index contributed by atoms with van der Waals surface area (Å²) < 4.78 is 39.0. The predicted octanol–water partition coefficient (Wildman–Crippen LogP) is 3.77. The van der Waals surface area contributed by atoms with Gasteiger partial charge in [0.15, 0.2) is 9.84 Å². The van der Waals surface area contributed by atoms with E-state index in [9.17, 15) is 13.2 Å². The topological polar surface area (TPSA) is 81.7 Å². The molecule has 2 bridgehead atoms. The van der Waals surface area contributed by atoms with E-state index in [1.54, 1.807) is 12.1 Å². The Balaban J connectivity index is 1.24. The van der Waals surface area contributed by atoms with E-state index in [4.69, 9.17) is 9.31 Å². The summed E-state index contributed by atoms with van der Waals surface area (Å²) in [6.45, 7) is 8.02. The van der Waals surface area contributed by atoms with Crippen LogP contribution in [0.4, 0.5) is 0 Å². The first kappa shape index (κ1) is 24.3. The molecule has 1 aliphatic heterocycles. The number of sulfone groups is 1. The lowest BCUT2D eigenvalue weighted by Gasteiger charge is -2.52. The molecule has 4 aliphatic carbocycles. The first-order valence-electron chi connectivity index (χ1n) is 12.8. The fourth-order valence-corrected chi connectivity index (χ4v) is 7.97. The molecule has 6 rings (SSSR count). The number of carbonyl (C=O) groups excluding carboxylic acids is 1. The molecule has 1 N–H and O–H groups in total. The van der Waals surface area contributed by atoms with Crippen LogP contribution in [0.5, 0.6) is 0 Å². The lowest BCUT2D eigenvalue weighted by Crippen LogP contribution is -2.54. The molecule has 6 nitrogen and oxygen atoms in total. The van der Waals surface area contributed by atoms with Gasteiger partial charge in [-0.25, -0.2) is 8.42 Å². The Hall–Kier alpha value is -1.38. The van der Waals surface area contributed by atoms with Crippen molar-refractivity contribution >= 4 is 28.3 Å². The van der Waals surface area contributed by atoms with Crippen molar-refractivity contribution in [3.05, 3.63) is 24.3 Å². The molecule has 5 fully saturated rings. The SMILES string of the molecule is CC1(C)OB(c2ccc(S(=O)(=O)CC34CCC(C(=O)NC5CCC5)(CC3)CC4)cc2)OC1(C)C. The standard InChI is InChI=1S/C26H38BNO5S/c1-23(2)24(3,4)33-27(32-23)19-8-10-21(11-9-19)34(30,31)18-25-12-15-26(16-13-25,17-14-25)22(29)28-20-6-5-7-20/h8-11,20H,5-7,12-18H2,1-4H3,(H,28,29). The number of rotatable bonds is 6. The molecule has 0 unspecified atom stereocenters. The van der Waals surface area contributed by atoms with Crippen molar-refractivity contribution in [1.29, 1.82) is 0 Å². The molecule has 0 spiro atoms. The minimum Gasteiger partial charge on any atom is -0.399 e. The molecule has 1 aromatic carbocycles. The Kier molecular flexibility index (Phi) is 5.77. The summed E-state index contributed by atoms with van der Waals surface area (Å²) in [5.74, 6) is 0.377. The number of hydrogen-bond acceptors (Lipinski definition) is 5. The minimum absolute atomic E-state index is 0.163. The van der Waals surface area contributed by atoms with Gasteiger partial charge >= 0.3 is 7.12 Å². The third-order valence-corrected chi connectivity index (χ3v) is 11.6. The highest BCUT2D eigenvalue weighted by atomic mass is 32.2. The maximum absolute atomic E-state index is 13.4. The highest BCUT2D eigenvalue weighted by Gasteiger charge is 2.54. The average molecular weight is 487 g/mol. The van der Waals surface area contributed by atoms with Crippen molar-refractivity contribution in [3.63, 3.8) is 0 Å². The Morgan fingerprint density at radius 1 is 0.941 bits per heavy atom. The molecule has 0 atom stereocenters. The van der Waals surface area contributed by atoms with Gasteiger partial charge in [0.25, 0.3) is 0 Å². The van der Waals surface area contributed by atoms with Crippen molar-refractivity contribution in [3.8, 4) is 0 Å². The zero-order valence-corrected chi connectivity index (χ0v) is 21.8. The third-order valence-electron chi connectivity index (χ3n) is 9.58. The Labute approximate surface area is 204 Å². The third kappa shape index (κ3) is 4.13. The van der Waals surface area contributed by atoms with E-state index in [2.05, 4.69) is 5.32 Å². The van der Waals surface area contributed by atoms with Gasteiger partial charge in [-0.05, 0) is 108 Å². The highest BCUT2D eigenvalue weighted by Crippen LogP contribution is 2.57. The van der Waals surface area contributed by atoms with Crippen molar-refractivity contribution in [1.82, 2.24) is 5.32 Å². The first-order valence-corrected chi connectivity index (χ1v) is 14.5. The van der Waals surface area contributed by atoms with E-state index in [-0.39, 0.29) is 22.5 Å². The van der Waals surface area contributed by atoms with Crippen LogP contribution < -0.4 is 10.8 Å². The summed E-state index contributed by atoms with van der Waals surface area (Å²) in [5, 5.41) is 3.25. The minimum atomic E-state index is -3.43. The smallest absolute Gasteiger partial charge is 0.399 e. The second-order valence-electron chi connectivity index (χ2n) is 12.3. The summed E-state index contributed by atoms with van der Waals surface area (Å²) >= 11 is 0. The molecule has 1 aromatic rings. The molecule has 1 amide bonds. The van der Waals surface area contributed by atoms with Crippen molar-refractivity contribution < 1.29 is 22.5 Å². The molecule has 0 radical (unpaired) electrons. The van der Waals surface area contributed by atoms with Gasteiger partial charge in [-0.15, -0.1) is 0 Å². The van der Waals surface area contributed by atoms with Crippen LogP contribution >= 0.6 is 0 Å². The molecule has 186 valence electrons. The number of amides is 1. The van der Waals surface area contributed by atoms with Crippen LogP contribution in [0.25, 0.3) is 0 Å². The van der Waals surface area contributed by atoms with Crippen LogP contribution in [0.2, 0.25) is 0 Å². The van der Waals surface area contributed by atoms with Crippen LogP contribution in [0.15, 0.2) is 29.2 Å². The van der Waals surface area contributed by atoms with Crippen molar-refractivity contribution in [2.45, 2.75) is 108 Å². The number of hydrogen-bond donors (Lipinski definition) is 1. The fourth-order valence-electron chi connectivity index (χ4n) is 6.01. The zero-order valence-electron chi connectivity index (χ0n) is 21.0. The van der Waals surface area contributed by atoms with Gasteiger partial charge in [0.1, 0.15) is 0 Å². The molecule has 4 saturated carbocycles. The van der Waals surface area contributed by atoms with Crippen LogP contribution in [-0.4, -0.2) is 44.4 Å². The van der Waals surface area contributed by atoms with Gasteiger partial charge < -0.3 is 14.6 Å². The van der Waals surface area contributed by atoms with Gasteiger partial charge in [0.05, 0.1) is 21.9 Å². The first-order chi connectivity index (χ1) is 15.9. The summed E-state index contributed by atoms with van der Waals surface area (Å²) in [6.07, 6.45) is 8.26. The average Bonchev–Trinajstić information content (AvgIpc) is 2.98. The lowest BCUT2D eigenvalue weighted by molar-refractivity contribution is -0.141. The highest BCUT2D eigenvalue weighted by molar-refractivity contribution is 7.91. The largest absolute Gasteiger partial charge is 0.494 e. The summed E-state index contributed by atoms with van der Waals surface area (Å²) in [4.78, 5) is 13.3. The van der Waals surface area contributed by atoms with Gasteiger partial charge in [-0.3, -0.25) is 4.79 Å². The van der Waals surface area contributed by atoms with E-state index < -0.39 is 28.2 Å². The maximum Gasteiger partial charge on any atom is 0.494 e. The quantitative estimate of drug-likeness (QED) is 0.618. The van der Waals surface area contributed by atoms with E-state index in [0.29, 0.717) is 10.9 Å². The molecular weight excluding hydrogens is 449 g/mol. The summed E-state index contributed by atoms with van der Waals surface area (Å²) in [5.41, 5.74) is -0.526. The number of fused-ring (bicyclic) bond motifs is 3. The van der Waals surface area contributed by atoms with Gasteiger partial charge in [0.2, 0.25) is 5.91 Å².